The maximum atomic E-state index is 12.7. The molecule has 1 amide bonds. The zero-order valence-electron chi connectivity index (χ0n) is 19.4. The topological polar surface area (TPSA) is 117 Å². The van der Waals surface area contributed by atoms with Crippen molar-refractivity contribution in [2.24, 2.45) is 5.92 Å². The Morgan fingerprint density at radius 2 is 2.00 bits per heavy atom. The summed E-state index contributed by atoms with van der Waals surface area (Å²) in [5, 5.41) is 13.9. The molecule has 1 aromatic carbocycles. The number of amides is 1. The van der Waals surface area contributed by atoms with E-state index >= 15 is 0 Å². The summed E-state index contributed by atoms with van der Waals surface area (Å²) in [6.07, 6.45) is 0.0510. The Hall–Kier alpha value is -3.37. The summed E-state index contributed by atoms with van der Waals surface area (Å²) >= 11 is 0. The van der Waals surface area contributed by atoms with Crippen LogP contribution in [-0.4, -0.2) is 83.5 Å². The molecule has 0 spiro atoms. The minimum absolute atomic E-state index is 0.00999. The van der Waals surface area contributed by atoms with Gasteiger partial charge in [0.15, 0.2) is 0 Å². The molecule has 1 fully saturated rings. The predicted molar refractivity (Wildman–Crippen MR) is 121 cm³/mol. The molecule has 178 valence electrons. The van der Waals surface area contributed by atoms with Crippen LogP contribution >= 0.6 is 0 Å². The molecule has 2 aliphatic rings. The third-order valence-electron chi connectivity index (χ3n) is 6.54. The summed E-state index contributed by atoms with van der Waals surface area (Å²) in [6.45, 7) is 10.4. The number of fused-ring (bicyclic) bond motifs is 1. The highest BCUT2D eigenvalue weighted by Crippen LogP contribution is 2.40. The van der Waals surface area contributed by atoms with Gasteiger partial charge < -0.3 is 24.2 Å². The third-order valence-corrected chi connectivity index (χ3v) is 6.54. The molecule has 0 radical (unpaired) electrons. The number of hydrogen-bond donors (Lipinski definition) is 1. The number of carbonyl (C=O) groups is 2. The smallest absolute Gasteiger partial charge is 0.409 e. The monoisotopic (exact) mass is 457 g/mol. The van der Waals surface area contributed by atoms with Gasteiger partial charge in [0.05, 0.1) is 12.5 Å². The van der Waals surface area contributed by atoms with E-state index < -0.39 is 0 Å². The van der Waals surface area contributed by atoms with Crippen LogP contribution in [0.4, 0.5) is 16.4 Å². The van der Waals surface area contributed by atoms with Crippen LogP contribution in [0.25, 0.3) is 0 Å². The fourth-order valence-corrected chi connectivity index (χ4v) is 4.49. The predicted octanol–water partition coefficient (Wildman–Crippen LogP) is 2.03. The largest absolute Gasteiger partial charge is 0.449 e. The quantitative estimate of drug-likeness (QED) is 0.492. The average Bonchev–Trinajstić information content (AvgIpc) is 3.37. The van der Waals surface area contributed by atoms with Gasteiger partial charge in [-0.2, -0.15) is 5.21 Å². The Labute approximate surface area is 193 Å². The van der Waals surface area contributed by atoms with E-state index in [9.17, 15) is 9.59 Å². The maximum Gasteiger partial charge on any atom is 0.409 e. The molecule has 4 rings (SSSR count). The second-order valence-corrected chi connectivity index (χ2v) is 8.30. The van der Waals surface area contributed by atoms with E-state index in [1.54, 1.807) is 4.90 Å². The van der Waals surface area contributed by atoms with Crippen molar-refractivity contribution in [2.45, 2.75) is 33.1 Å². The summed E-state index contributed by atoms with van der Waals surface area (Å²) in [4.78, 5) is 31.0. The highest BCUT2D eigenvalue weighted by molar-refractivity contribution is 5.80. The molecule has 2 aliphatic heterocycles. The number of nitrogens with zero attached hydrogens (tertiary/aromatic N) is 6. The highest BCUT2D eigenvalue weighted by Gasteiger charge is 2.35. The number of carbonyl (C=O) groups excluding carboxylic acids is 2. The van der Waals surface area contributed by atoms with Crippen molar-refractivity contribution in [2.75, 3.05) is 55.7 Å². The summed E-state index contributed by atoms with van der Waals surface area (Å²) in [5.74, 6) is 0.530. The number of tetrazole rings is 1. The van der Waals surface area contributed by atoms with Crippen molar-refractivity contribution >= 4 is 23.7 Å². The molecule has 2 aromatic rings. The average molecular weight is 458 g/mol. The zero-order valence-corrected chi connectivity index (χ0v) is 19.4. The first-order valence-electron chi connectivity index (χ1n) is 11.5. The second-order valence-electron chi connectivity index (χ2n) is 8.30. The SMILES string of the molecule is CCN(CC)c1ccc2c(c1)OC(=O)C(CCOC(=O)N1CCN(c3nn[nH]n3)CC1)C2C. The first kappa shape index (κ1) is 22.8. The van der Waals surface area contributed by atoms with Gasteiger partial charge in [-0.05, 0) is 43.0 Å². The molecule has 0 aliphatic carbocycles. The molecule has 11 nitrogen and oxygen atoms in total. The van der Waals surface area contributed by atoms with Crippen LogP contribution in [0, 0.1) is 5.92 Å². The molecule has 11 heteroatoms. The third kappa shape index (κ3) is 4.86. The normalized spacial score (nSPS) is 20.3. The minimum atomic E-state index is -0.371. The minimum Gasteiger partial charge on any atom is -0.449 e. The van der Waals surface area contributed by atoms with Gasteiger partial charge in [0.2, 0.25) is 0 Å². The lowest BCUT2D eigenvalue weighted by Crippen LogP contribution is -2.49. The Kier molecular flexibility index (Phi) is 6.95. The molecule has 33 heavy (non-hydrogen) atoms. The summed E-state index contributed by atoms with van der Waals surface area (Å²) < 4.78 is 11.2. The summed E-state index contributed by atoms with van der Waals surface area (Å²) in [6, 6.07) is 6.07. The van der Waals surface area contributed by atoms with Gasteiger partial charge in [-0.1, -0.05) is 18.1 Å². The van der Waals surface area contributed by atoms with Crippen LogP contribution in [0.2, 0.25) is 0 Å². The number of benzene rings is 1. The van der Waals surface area contributed by atoms with E-state index in [4.69, 9.17) is 9.47 Å². The van der Waals surface area contributed by atoms with Crippen molar-refractivity contribution in [3.63, 3.8) is 0 Å². The van der Waals surface area contributed by atoms with Gasteiger partial charge in [0, 0.05) is 51.0 Å². The fraction of sp³-hybridized carbons (Fsp3) is 0.591. The Morgan fingerprint density at radius 3 is 2.67 bits per heavy atom. The summed E-state index contributed by atoms with van der Waals surface area (Å²) in [5.41, 5.74) is 2.06. The van der Waals surface area contributed by atoms with Gasteiger partial charge in [0.25, 0.3) is 5.95 Å². The van der Waals surface area contributed by atoms with E-state index in [2.05, 4.69) is 45.4 Å². The van der Waals surface area contributed by atoms with Gasteiger partial charge >= 0.3 is 12.1 Å². The molecule has 1 N–H and O–H groups in total. The molecule has 0 saturated carbocycles. The van der Waals surface area contributed by atoms with Gasteiger partial charge in [-0.15, -0.1) is 5.10 Å². The molecule has 3 heterocycles. The van der Waals surface area contributed by atoms with Crippen LogP contribution in [-0.2, 0) is 9.53 Å². The van der Waals surface area contributed by atoms with Crippen LogP contribution in [0.5, 0.6) is 5.75 Å². The molecule has 2 atom stereocenters. The Bertz CT molecular complexity index is 956. The van der Waals surface area contributed by atoms with Crippen molar-refractivity contribution in [1.29, 1.82) is 0 Å². The number of hydrogen-bond acceptors (Lipinski definition) is 9. The highest BCUT2D eigenvalue weighted by atomic mass is 16.6. The van der Waals surface area contributed by atoms with Gasteiger partial charge in [-0.25, -0.2) is 4.79 Å². The molecular formula is C22H31N7O4. The molecule has 1 aromatic heterocycles. The first-order chi connectivity index (χ1) is 16.0. The van der Waals surface area contributed by atoms with E-state index in [0.717, 1.165) is 24.3 Å². The van der Waals surface area contributed by atoms with Crippen molar-refractivity contribution in [3.05, 3.63) is 23.8 Å². The second kappa shape index (κ2) is 10.1. The number of ether oxygens (including phenoxy) is 2. The van der Waals surface area contributed by atoms with Crippen molar-refractivity contribution < 1.29 is 19.1 Å². The number of rotatable bonds is 7. The van der Waals surface area contributed by atoms with E-state index in [1.165, 1.54) is 0 Å². The van der Waals surface area contributed by atoms with Crippen molar-refractivity contribution in [1.82, 2.24) is 25.5 Å². The Balaban J connectivity index is 1.28. The number of aromatic amines is 1. The number of esters is 1. The summed E-state index contributed by atoms with van der Waals surface area (Å²) in [7, 11) is 0. The standard InChI is InChI=1S/C22H31N7O4/c1-4-27(5-2)16-6-7-17-15(3)18(20(30)33-19(17)14-16)8-13-32-22(31)29-11-9-28(10-12-29)21-23-25-26-24-21/h6-7,14-15,18H,4-5,8-13H2,1-3H3,(H,23,24,25,26). The van der Waals surface area contributed by atoms with Crippen LogP contribution in [0.15, 0.2) is 18.2 Å². The Morgan fingerprint density at radius 1 is 1.24 bits per heavy atom. The zero-order chi connectivity index (χ0) is 23.4. The van der Waals surface area contributed by atoms with Crippen LogP contribution in [0.1, 0.15) is 38.7 Å². The lowest BCUT2D eigenvalue weighted by atomic mass is 9.83. The first-order valence-corrected chi connectivity index (χ1v) is 11.5. The van der Waals surface area contributed by atoms with E-state index in [1.807, 2.05) is 24.0 Å². The number of H-pyrrole nitrogens is 1. The van der Waals surface area contributed by atoms with E-state index in [-0.39, 0.29) is 30.5 Å². The lowest BCUT2D eigenvalue weighted by molar-refractivity contribution is -0.141. The fourth-order valence-electron chi connectivity index (χ4n) is 4.49. The van der Waals surface area contributed by atoms with Crippen LogP contribution < -0.4 is 14.5 Å². The van der Waals surface area contributed by atoms with Crippen LogP contribution in [0.3, 0.4) is 0 Å². The maximum absolute atomic E-state index is 12.7. The number of aromatic nitrogens is 4. The number of anilines is 2. The van der Waals surface area contributed by atoms with Gasteiger partial charge in [-0.3, -0.25) is 4.79 Å². The van der Waals surface area contributed by atoms with Gasteiger partial charge in [0.1, 0.15) is 5.75 Å². The van der Waals surface area contributed by atoms with Crippen molar-refractivity contribution in [3.8, 4) is 5.75 Å². The van der Waals surface area contributed by atoms with E-state index in [0.29, 0.717) is 44.3 Å². The number of piperazine rings is 1. The molecular weight excluding hydrogens is 426 g/mol. The molecule has 2 unspecified atom stereocenters. The molecule has 1 saturated heterocycles. The molecule has 0 bridgehead atoms. The number of nitrogens with one attached hydrogen (secondary N) is 1. The lowest BCUT2D eigenvalue weighted by Gasteiger charge is -2.33.